The van der Waals surface area contributed by atoms with Crippen LogP contribution in [0, 0.1) is 5.82 Å². The maximum Gasteiger partial charge on any atom is 0.295 e. The smallest absolute Gasteiger partial charge is 0.295 e. The first-order chi connectivity index (χ1) is 15.0. The highest BCUT2D eigenvalue weighted by atomic mass is 35.5. The Hall–Kier alpha value is -3.45. The first-order valence-electron chi connectivity index (χ1n) is 9.72. The van der Waals surface area contributed by atoms with E-state index in [1.54, 1.807) is 49.1 Å². The van der Waals surface area contributed by atoms with Crippen LogP contribution in [0.3, 0.4) is 0 Å². The topological polar surface area (TPSA) is 75.4 Å². The number of halogens is 2. The van der Waals surface area contributed by atoms with E-state index in [-0.39, 0.29) is 23.4 Å². The fourth-order valence-electron chi connectivity index (χ4n) is 3.74. The van der Waals surface area contributed by atoms with E-state index in [0.717, 1.165) is 0 Å². The van der Waals surface area contributed by atoms with Crippen molar-refractivity contribution in [2.24, 2.45) is 0 Å². The molecule has 3 aromatic rings. The predicted octanol–water partition coefficient (Wildman–Crippen LogP) is 4.19. The molecule has 2 heterocycles. The van der Waals surface area contributed by atoms with Gasteiger partial charge in [-0.15, -0.1) is 0 Å². The summed E-state index contributed by atoms with van der Waals surface area (Å²) in [6.07, 6.45) is 5.62. The molecule has 1 aromatic heterocycles. The van der Waals surface area contributed by atoms with Crippen LogP contribution in [-0.4, -0.2) is 37.8 Å². The first-order valence-corrected chi connectivity index (χ1v) is 10.1. The molecule has 0 aliphatic carbocycles. The highest BCUT2D eigenvalue weighted by Crippen LogP contribution is 2.40. The number of likely N-dealkylation sites (tertiary alicyclic amines) is 1. The van der Waals surface area contributed by atoms with E-state index in [1.807, 2.05) is 4.57 Å². The van der Waals surface area contributed by atoms with E-state index < -0.39 is 23.5 Å². The highest BCUT2D eigenvalue weighted by molar-refractivity contribution is 6.46. The summed E-state index contributed by atoms with van der Waals surface area (Å²) in [7, 11) is 0. The van der Waals surface area contributed by atoms with Gasteiger partial charge in [-0.25, -0.2) is 9.37 Å². The minimum absolute atomic E-state index is 0.139. The van der Waals surface area contributed by atoms with Crippen molar-refractivity contribution in [3.05, 3.63) is 94.8 Å². The number of aromatic nitrogens is 2. The van der Waals surface area contributed by atoms with Crippen LogP contribution in [0.4, 0.5) is 4.39 Å². The van der Waals surface area contributed by atoms with Crippen molar-refractivity contribution in [1.29, 1.82) is 0 Å². The number of aryl methyl sites for hydroxylation is 1. The van der Waals surface area contributed by atoms with Gasteiger partial charge in [-0.3, -0.25) is 9.59 Å². The molecule has 31 heavy (non-hydrogen) atoms. The van der Waals surface area contributed by atoms with Gasteiger partial charge in [0.05, 0.1) is 17.9 Å². The lowest BCUT2D eigenvalue weighted by atomic mass is 9.95. The van der Waals surface area contributed by atoms with Crippen LogP contribution in [0.2, 0.25) is 5.02 Å². The zero-order valence-electron chi connectivity index (χ0n) is 16.4. The number of aliphatic hydroxyl groups is 1. The Morgan fingerprint density at radius 3 is 2.52 bits per heavy atom. The third-order valence-corrected chi connectivity index (χ3v) is 5.48. The maximum atomic E-state index is 14.7. The SMILES string of the molecule is O=C1C(=O)N(CCCn2ccnc2)C(c2ccccc2F)/C1=C(\O)c1ccc(Cl)cc1. The third kappa shape index (κ3) is 4.09. The molecule has 6 nitrogen and oxygen atoms in total. The number of hydrogen-bond donors (Lipinski definition) is 1. The normalized spacial score (nSPS) is 18.0. The van der Waals surface area contributed by atoms with Crippen molar-refractivity contribution in [3.63, 3.8) is 0 Å². The molecule has 0 bridgehead atoms. The number of Topliss-reactive ketones (excluding diaryl/α,β-unsaturated/α-hetero) is 1. The molecule has 1 aliphatic rings. The molecule has 1 saturated heterocycles. The van der Waals surface area contributed by atoms with E-state index in [4.69, 9.17) is 11.6 Å². The van der Waals surface area contributed by atoms with Gasteiger partial charge in [-0.2, -0.15) is 0 Å². The van der Waals surface area contributed by atoms with Crippen LogP contribution >= 0.6 is 11.6 Å². The summed E-state index contributed by atoms with van der Waals surface area (Å²) < 4.78 is 16.6. The quantitative estimate of drug-likeness (QED) is 0.355. The summed E-state index contributed by atoms with van der Waals surface area (Å²) in [5, 5.41) is 11.4. The molecule has 1 atom stereocenters. The lowest BCUT2D eigenvalue weighted by Crippen LogP contribution is -2.31. The molecule has 0 spiro atoms. The van der Waals surface area contributed by atoms with Crippen molar-refractivity contribution in [1.82, 2.24) is 14.5 Å². The van der Waals surface area contributed by atoms with Gasteiger partial charge in [0.2, 0.25) is 0 Å². The lowest BCUT2D eigenvalue weighted by Gasteiger charge is -2.25. The van der Waals surface area contributed by atoms with E-state index in [2.05, 4.69) is 4.98 Å². The molecule has 0 saturated carbocycles. The van der Waals surface area contributed by atoms with Gasteiger partial charge in [0, 0.05) is 41.6 Å². The van der Waals surface area contributed by atoms with Crippen molar-refractivity contribution >= 4 is 29.1 Å². The number of rotatable bonds is 6. The second-order valence-electron chi connectivity index (χ2n) is 7.17. The number of imidazole rings is 1. The summed E-state index contributed by atoms with van der Waals surface area (Å²) >= 11 is 5.91. The zero-order valence-corrected chi connectivity index (χ0v) is 17.2. The predicted molar refractivity (Wildman–Crippen MR) is 114 cm³/mol. The molecule has 158 valence electrons. The average Bonchev–Trinajstić information content (AvgIpc) is 3.36. The summed E-state index contributed by atoms with van der Waals surface area (Å²) in [5.74, 6) is -2.53. The molecular formula is C23H19ClFN3O3. The number of ketones is 1. The van der Waals surface area contributed by atoms with Crippen molar-refractivity contribution in [2.75, 3.05) is 6.54 Å². The fourth-order valence-corrected chi connectivity index (χ4v) is 3.86. The number of carbonyl (C=O) groups excluding carboxylic acids is 2. The summed E-state index contributed by atoms with van der Waals surface area (Å²) in [5.41, 5.74) is 0.335. The minimum Gasteiger partial charge on any atom is -0.507 e. The Morgan fingerprint density at radius 2 is 1.84 bits per heavy atom. The molecule has 1 N–H and O–H groups in total. The lowest BCUT2D eigenvalue weighted by molar-refractivity contribution is -0.140. The third-order valence-electron chi connectivity index (χ3n) is 5.23. The largest absolute Gasteiger partial charge is 0.507 e. The van der Waals surface area contributed by atoms with Crippen LogP contribution in [0.5, 0.6) is 0 Å². The van der Waals surface area contributed by atoms with Gasteiger partial charge < -0.3 is 14.6 Å². The molecule has 1 unspecified atom stereocenters. The van der Waals surface area contributed by atoms with Crippen molar-refractivity contribution in [2.45, 2.75) is 19.0 Å². The molecular weight excluding hydrogens is 421 g/mol. The van der Waals surface area contributed by atoms with Crippen LogP contribution < -0.4 is 0 Å². The van der Waals surface area contributed by atoms with Crippen molar-refractivity contribution < 1.29 is 19.1 Å². The van der Waals surface area contributed by atoms with E-state index in [9.17, 15) is 19.1 Å². The van der Waals surface area contributed by atoms with Gasteiger partial charge in [-0.05, 0) is 36.8 Å². The minimum atomic E-state index is -1.03. The molecule has 4 rings (SSSR count). The van der Waals surface area contributed by atoms with Gasteiger partial charge in [0.1, 0.15) is 11.6 Å². The average molecular weight is 440 g/mol. The van der Waals surface area contributed by atoms with E-state index in [1.165, 1.54) is 23.1 Å². The molecule has 8 heteroatoms. The van der Waals surface area contributed by atoms with Gasteiger partial charge in [-0.1, -0.05) is 29.8 Å². The number of carbonyl (C=O) groups is 2. The number of aliphatic hydroxyl groups excluding tert-OH is 1. The molecule has 0 radical (unpaired) electrons. The molecule has 1 aliphatic heterocycles. The van der Waals surface area contributed by atoms with Crippen LogP contribution in [-0.2, 0) is 16.1 Å². The molecule has 2 aromatic carbocycles. The second kappa shape index (κ2) is 8.73. The van der Waals surface area contributed by atoms with Gasteiger partial charge in [0.25, 0.3) is 11.7 Å². The number of hydrogen-bond acceptors (Lipinski definition) is 4. The Labute approximate surface area is 183 Å². The standard InChI is InChI=1S/C23H19ClFN3O3/c24-16-8-6-15(7-9-16)21(29)19-20(17-4-1-2-5-18(17)25)28(23(31)22(19)30)12-3-11-27-13-10-26-14-27/h1-2,4-10,13-14,20,29H,3,11-12H2/b21-19+. The Bertz CT molecular complexity index is 1140. The number of nitrogens with zero attached hydrogens (tertiary/aromatic N) is 3. The van der Waals surface area contributed by atoms with Crippen molar-refractivity contribution in [3.8, 4) is 0 Å². The molecule has 1 amide bonds. The Balaban J connectivity index is 1.75. The van der Waals surface area contributed by atoms with Crippen LogP contribution in [0.1, 0.15) is 23.6 Å². The second-order valence-corrected chi connectivity index (χ2v) is 7.61. The summed E-state index contributed by atoms with van der Waals surface area (Å²) in [6.45, 7) is 0.781. The van der Waals surface area contributed by atoms with Gasteiger partial charge >= 0.3 is 0 Å². The van der Waals surface area contributed by atoms with E-state index in [0.29, 0.717) is 23.6 Å². The Morgan fingerprint density at radius 1 is 1.10 bits per heavy atom. The first kappa shape index (κ1) is 20.8. The monoisotopic (exact) mass is 439 g/mol. The summed E-state index contributed by atoms with van der Waals surface area (Å²) in [6, 6.07) is 11.1. The van der Waals surface area contributed by atoms with E-state index >= 15 is 0 Å². The number of benzene rings is 2. The highest BCUT2D eigenvalue weighted by Gasteiger charge is 2.46. The van der Waals surface area contributed by atoms with Crippen LogP contribution in [0.25, 0.3) is 5.76 Å². The Kier molecular flexibility index (Phi) is 5.86. The fraction of sp³-hybridized carbons (Fsp3) is 0.174. The van der Waals surface area contributed by atoms with Gasteiger partial charge in [0.15, 0.2) is 0 Å². The maximum absolute atomic E-state index is 14.7. The van der Waals surface area contributed by atoms with Crippen LogP contribution in [0.15, 0.2) is 72.8 Å². The number of amides is 1. The zero-order chi connectivity index (χ0) is 22.0. The molecule has 1 fully saturated rings. The summed E-state index contributed by atoms with van der Waals surface area (Å²) in [4.78, 5) is 31.1.